The number of phenols is 1. The molecule has 0 amide bonds. The van der Waals surface area contributed by atoms with Crippen LogP contribution in [0.3, 0.4) is 0 Å². The van der Waals surface area contributed by atoms with Crippen LogP contribution in [0.25, 0.3) is 21.8 Å². The summed E-state index contributed by atoms with van der Waals surface area (Å²) in [5, 5.41) is 20.3. The molecule has 2 N–H and O–H groups in total. The number of aryl methyl sites for hydroxylation is 1. The topological polar surface area (TPSA) is 61.4 Å². The van der Waals surface area contributed by atoms with Gasteiger partial charge in [0.1, 0.15) is 12.8 Å². The summed E-state index contributed by atoms with van der Waals surface area (Å²) >= 11 is 0. The largest absolute Gasteiger partial charge is 0.508 e. The lowest BCUT2D eigenvalue weighted by atomic mass is 10.0. The first-order valence-electron chi connectivity index (χ1n) is 5.86. The van der Waals surface area contributed by atoms with E-state index in [9.17, 15) is 15.0 Å². The average molecular weight is 254 g/mol. The molecule has 1 heterocycles. The fraction of sp³-hybridized carbons (Fsp3) is 0.0667. The van der Waals surface area contributed by atoms with Gasteiger partial charge in [0.2, 0.25) is 11.0 Å². The van der Waals surface area contributed by atoms with Crippen molar-refractivity contribution in [3.8, 4) is 5.75 Å². The first-order valence-corrected chi connectivity index (χ1v) is 5.86. The van der Waals surface area contributed by atoms with Gasteiger partial charge < -0.3 is 10.2 Å². The van der Waals surface area contributed by atoms with Crippen LogP contribution in [0.1, 0.15) is 10.4 Å². The Balaban J connectivity index is 2.66. The van der Waals surface area contributed by atoms with Crippen molar-refractivity contribution >= 4 is 27.8 Å². The number of benzene rings is 2. The normalized spacial score (nSPS) is 11.0. The molecule has 0 aliphatic rings. The number of fused-ring (bicyclic) bond motifs is 2. The van der Waals surface area contributed by atoms with Crippen LogP contribution in [0.2, 0.25) is 0 Å². The number of aromatic carboxylic acids is 1. The molecule has 0 saturated heterocycles. The van der Waals surface area contributed by atoms with Crippen molar-refractivity contribution < 1.29 is 19.6 Å². The maximum atomic E-state index is 11.6. The molecule has 4 nitrogen and oxygen atoms in total. The molecule has 0 radical (unpaired) electrons. The summed E-state index contributed by atoms with van der Waals surface area (Å²) in [6.07, 6.45) is 0. The van der Waals surface area contributed by atoms with Crippen LogP contribution < -0.4 is 4.57 Å². The zero-order valence-electron chi connectivity index (χ0n) is 10.3. The van der Waals surface area contributed by atoms with Gasteiger partial charge in [0.15, 0.2) is 0 Å². The van der Waals surface area contributed by atoms with Crippen molar-refractivity contribution in [2.24, 2.45) is 7.05 Å². The Labute approximate surface area is 109 Å². The predicted molar refractivity (Wildman–Crippen MR) is 71.3 cm³/mol. The van der Waals surface area contributed by atoms with Crippen molar-refractivity contribution in [3.05, 3.63) is 48.0 Å². The highest BCUT2D eigenvalue weighted by molar-refractivity contribution is 6.12. The van der Waals surface area contributed by atoms with E-state index in [1.54, 1.807) is 18.2 Å². The minimum atomic E-state index is -0.993. The number of para-hydroxylation sites is 1. The van der Waals surface area contributed by atoms with Gasteiger partial charge in [-0.3, -0.25) is 0 Å². The molecule has 4 heteroatoms. The van der Waals surface area contributed by atoms with Crippen LogP contribution in [0.15, 0.2) is 42.5 Å². The van der Waals surface area contributed by atoms with Crippen LogP contribution in [-0.4, -0.2) is 16.2 Å². The summed E-state index contributed by atoms with van der Waals surface area (Å²) in [6, 6.07) is 12.1. The van der Waals surface area contributed by atoms with Gasteiger partial charge in [0, 0.05) is 12.1 Å². The molecule has 0 atom stereocenters. The number of rotatable bonds is 1. The van der Waals surface area contributed by atoms with Gasteiger partial charge in [-0.15, -0.1) is 0 Å². The molecule has 0 aliphatic heterocycles. The minimum Gasteiger partial charge on any atom is -0.508 e. The number of carboxylic acid groups (broad SMARTS) is 1. The molecule has 19 heavy (non-hydrogen) atoms. The number of nitrogens with zero attached hydrogens (tertiary/aromatic N) is 1. The van der Waals surface area contributed by atoms with Gasteiger partial charge >= 0.3 is 5.97 Å². The molecule has 3 aromatic rings. The number of aromatic hydroxyl groups is 1. The van der Waals surface area contributed by atoms with Gasteiger partial charge in [0.25, 0.3) is 0 Å². The second-order valence-electron chi connectivity index (χ2n) is 4.46. The monoisotopic (exact) mass is 254 g/mol. The van der Waals surface area contributed by atoms with Crippen molar-refractivity contribution in [2.45, 2.75) is 0 Å². The van der Waals surface area contributed by atoms with Gasteiger partial charge in [-0.05, 0) is 18.2 Å². The number of aromatic nitrogens is 1. The first-order chi connectivity index (χ1) is 9.09. The molecule has 2 aromatic carbocycles. The lowest BCUT2D eigenvalue weighted by Gasteiger charge is -2.07. The zero-order valence-corrected chi connectivity index (χ0v) is 10.3. The Morgan fingerprint density at radius 1 is 1.05 bits per heavy atom. The average Bonchev–Trinajstić information content (AvgIpc) is 2.38. The first kappa shape index (κ1) is 11.5. The Bertz CT molecular complexity index is 824. The number of phenolic OH excluding ortho intramolecular Hbond substituents is 1. The van der Waals surface area contributed by atoms with Crippen LogP contribution >= 0.6 is 0 Å². The summed E-state index contributed by atoms with van der Waals surface area (Å²) in [4.78, 5) is 11.6. The highest BCUT2D eigenvalue weighted by Crippen LogP contribution is 2.27. The van der Waals surface area contributed by atoms with Crippen molar-refractivity contribution in [2.75, 3.05) is 0 Å². The molecule has 0 fully saturated rings. The van der Waals surface area contributed by atoms with Crippen LogP contribution in [0.5, 0.6) is 5.75 Å². The van der Waals surface area contributed by atoms with E-state index < -0.39 is 5.97 Å². The van der Waals surface area contributed by atoms with Gasteiger partial charge in [0.05, 0.1) is 16.3 Å². The number of carbonyl (C=O) groups is 1. The summed E-state index contributed by atoms with van der Waals surface area (Å²) in [7, 11) is 1.88. The second kappa shape index (κ2) is 3.95. The van der Waals surface area contributed by atoms with E-state index in [4.69, 9.17) is 0 Å². The van der Waals surface area contributed by atoms with E-state index in [-0.39, 0.29) is 11.3 Å². The predicted octanol–water partition coefficient (Wildman–Crippen LogP) is 2.22. The number of hydrogen-bond donors (Lipinski definition) is 2. The van der Waals surface area contributed by atoms with Crippen LogP contribution in [-0.2, 0) is 7.05 Å². The summed E-state index contributed by atoms with van der Waals surface area (Å²) in [5.74, 6) is -0.933. The molecular formula is C15H12NO3+. The van der Waals surface area contributed by atoms with Gasteiger partial charge in [-0.2, -0.15) is 4.57 Å². The van der Waals surface area contributed by atoms with Gasteiger partial charge in [-0.1, -0.05) is 12.1 Å². The standard InChI is InChI=1S/C15H11NO3/c1-16-12-5-3-2-4-10(12)14(15(18)19)11-8-9(17)6-7-13(11)16/h2-8H,1H3,(H-,17,18,19)/p+1. The highest BCUT2D eigenvalue weighted by atomic mass is 16.4. The Hall–Kier alpha value is -2.62. The number of hydrogen-bond acceptors (Lipinski definition) is 2. The molecule has 0 bridgehead atoms. The molecule has 0 spiro atoms. The maximum Gasteiger partial charge on any atom is 0.337 e. The highest BCUT2D eigenvalue weighted by Gasteiger charge is 2.21. The summed E-state index contributed by atoms with van der Waals surface area (Å²) < 4.78 is 1.93. The molecule has 1 aromatic heterocycles. The smallest absolute Gasteiger partial charge is 0.337 e. The molecule has 0 aliphatic carbocycles. The molecular weight excluding hydrogens is 242 g/mol. The van der Waals surface area contributed by atoms with E-state index >= 15 is 0 Å². The van der Waals surface area contributed by atoms with Crippen molar-refractivity contribution in [3.63, 3.8) is 0 Å². The van der Waals surface area contributed by atoms with E-state index in [2.05, 4.69) is 0 Å². The molecule has 0 saturated carbocycles. The lowest BCUT2D eigenvalue weighted by molar-refractivity contribution is -0.617. The third-order valence-corrected chi connectivity index (χ3v) is 3.36. The number of carboxylic acids is 1. The van der Waals surface area contributed by atoms with E-state index in [0.29, 0.717) is 10.8 Å². The quantitative estimate of drug-likeness (QED) is 0.517. The maximum absolute atomic E-state index is 11.6. The molecule has 0 unspecified atom stereocenters. The third-order valence-electron chi connectivity index (χ3n) is 3.36. The Morgan fingerprint density at radius 3 is 2.47 bits per heavy atom. The third kappa shape index (κ3) is 1.61. The SMILES string of the molecule is C[n+]1c2ccccc2c(C(=O)O)c2cc(O)ccc21. The fourth-order valence-corrected chi connectivity index (χ4v) is 2.50. The van der Waals surface area contributed by atoms with E-state index in [1.165, 1.54) is 6.07 Å². The zero-order chi connectivity index (χ0) is 13.6. The Morgan fingerprint density at radius 2 is 1.74 bits per heavy atom. The number of pyridine rings is 1. The van der Waals surface area contributed by atoms with Gasteiger partial charge in [-0.25, -0.2) is 4.79 Å². The van der Waals surface area contributed by atoms with E-state index in [0.717, 1.165) is 11.0 Å². The van der Waals surface area contributed by atoms with Crippen molar-refractivity contribution in [1.29, 1.82) is 0 Å². The Kier molecular flexibility index (Phi) is 2.38. The summed E-state index contributed by atoms with van der Waals surface area (Å²) in [6.45, 7) is 0. The second-order valence-corrected chi connectivity index (χ2v) is 4.46. The summed E-state index contributed by atoms with van der Waals surface area (Å²) in [5.41, 5.74) is 1.84. The van der Waals surface area contributed by atoms with Crippen molar-refractivity contribution in [1.82, 2.24) is 0 Å². The molecule has 3 rings (SSSR count). The van der Waals surface area contributed by atoms with E-state index in [1.807, 2.05) is 29.8 Å². The van der Waals surface area contributed by atoms with Crippen LogP contribution in [0, 0.1) is 0 Å². The molecule has 94 valence electrons. The minimum absolute atomic E-state index is 0.0604. The fourth-order valence-electron chi connectivity index (χ4n) is 2.50. The van der Waals surface area contributed by atoms with Crippen LogP contribution in [0.4, 0.5) is 0 Å². The lowest BCUT2D eigenvalue weighted by Crippen LogP contribution is -2.31.